The third kappa shape index (κ3) is 5.13. The molecular weight excluding hydrogens is 342 g/mol. The highest BCUT2D eigenvalue weighted by Gasteiger charge is 2.08. The third-order valence-corrected chi connectivity index (χ3v) is 5.39. The highest BCUT2D eigenvalue weighted by molar-refractivity contribution is 7.18. The van der Waals surface area contributed by atoms with Crippen molar-refractivity contribution in [2.45, 2.75) is 26.3 Å². The van der Waals surface area contributed by atoms with Gasteiger partial charge in [-0.3, -0.25) is 9.69 Å². The standard InChI is InChI=1S/C21H25N3OS/c1-3-16-8-10-17(11-9-16)14-24(2)15-20(25)22-13-12-21-23-18-6-4-5-7-19(18)26-21/h4-11H,3,12-15H2,1-2H3,(H,22,25). The second-order valence-electron chi connectivity index (χ2n) is 6.52. The van der Waals surface area contributed by atoms with E-state index in [-0.39, 0.29) is 5.91 Å². The molecule has 3 rings (SSSR count). The number of nitrogens with zero attached hydrogens (tertiary/aromatic N) is 2. The molecule has 0 bridgehead atoms. The van der Waals surface area contributed by atoms with Crippen LogP contribution in [0, 0.1) is 0 Å². The molecule has 5 heteroatoms. The zero-order valence-corrected chi connectivity index (χ0v) is 16.2. The van der Waals surface area contributed by atoms with E-state index in [0.29, 0.717) is 13.1 Å². The highest BCUT2D eigenvalue weighted by Crippen LogP contribution is 2.21. The maximum Gasteiger partial charge on any atom is 0.234 e. The Morgan fingerprint density at radius 2 is 1.85 bits per heavy atom. The van der Waals surface area contributed by atoms with E-state index < -0.39 is 0 Å². The predicted octanol–water partition coefficient (Wildman–Crippen LogP) is 3.65. The summed E-state index contributed by atoms with van der Waals surface area (Å²) in [6, 6.07) is 16.7. The first kappa shape index (κ1) is 18.5. The molecule has 0 radical (unpaired) electrons. The fraction of sp³-hybridized carbons (Fsp3) is 0.333. The summed E-state index contributed by atoms with van der Waals surface area (Å²) in [5.74, 6) is 0.0544. The minimum atomic E-state index is 0.0544. The summed E-state index contributed by atoms with van der Waals surface area (Å²) in [7, 11) is 1.97. The second kappa shape index (κ2) is 8.92. The zero-order valence-electron chi connectivity index (χ0n) is 15.4. The van der Waals surface area contributed by atoms with Crippen LogP contribution in [0.2, 0.25) is 0 Å². The minimum absolute atomic E-state index is 0.0544. The van der Waals surface area contributed by atoms with Crippen LogP contribution in [0.3, 0.4) is 0 Å². The van der Waals surface area contributed by atoms with Gasteiger partial charge >= 0.3 is 0 Å². The van der Waals surface area contributed by atoms with Gasteiger partial charge in [-0.25, -0.2) is 4.98 Å². The van der Waals surface area contributed by atoms with Gasteiger partial charge in [0.2, 0.25) is 5.91 Å². The van der Waals surface area contributed by atoms with Gasteiger partial charge < -0.3 is 5.32 Å². The van der Waals surface area contributed by atoms with Crippen LogP contribution in [0.4, 0.5) is 0 Å². The molecule has 0 unspecified atom stereocenters. The molecule has 0 aliphatic rings. The van der Waals surface area contributed by atoms with Crippen molar-refractivity contribution in [3.63, 3.8) is 0 Å². The van der Waals surface area contributed by atoms with Gasteiger partial charge in [0.05, 0.1) is 21.8 Å². The van der Waals surface area contributed by atoms with Gasteiger partial charge in [0, 0.05) is 19.5 Å². The molecule has 1 heterocycles. The molecule has 0 spiro atoms. The molecule has 136 valence electrons. The average molecular weight is 368 g/mol. The summed E-state index contributed by atoms with van der Waals surface area (Å²) in [4.78, 5) is 18.8. The smallest absolute Gasteiger partial charge is 0.234 e. The molecule has 2 aromatic carbocycles. The molecule has 0 aliphatic heterocycles. The predicted molar refractivity (Wildman–Crippen MR) is 108 cm³/mol. The Labute approximate surface area is 158 Å². The SMILES string of the molecule is CCc1ccc(CN(C)CC(=O)NCCc2nc3ccccc3s2)cc1. The highest BCUT2D eigenvalue weighted by atomic mass is 32.1. The van der Waals surface area contributed by atoms with Crippen molar-refractivity contribution in [1.82, 2.24) is 15.2 Å². The van der Waals surface area contributed by atoms with Crippen molar-refractivity contribution in [1.29, 1.82) is 0 Å². The van der Waals surface area contributed by atoms with Crippen LogP contribution in [-0.4, -0.2) is 35.9 Å². The Bertz CT molecular complexity index is 824. The number of carbonyl (C=O) groups excluding carboxylic acids is 1. The summed E-state index contributed by atoms with van der Waals surface area (Å²) < 4.78 is 1.20. The molecule has 0 aliphatic carbocycles. The Morgan fingerprint density at radius 3 is 2.58 bits per heavy atom. The van der Waals surface area contributed by atoms with E-state index in [1.807, 2.05) is 30.1 Å². The van der Waals surface area contributed by atoms with Gasteiger partial charge in [-0.15, -0.1) is 11.3 Å². The number of para-hydroxylation sites is 1. The summed E-state index contributed by atoms with van der Waals surface area (Å²) in [6.45, 7) is 3.95. The first-order chi connectivity index (χ1) is 12.6. The Balaban J connectivity index is 1.41. The van der Waals surface area contributed by atoms with Crippen LogP contribution >= 0.6 is 11.3 Å². The van der Waals surface area contributed by atoms with Crippen molar-refractivity contribution in [2.24, 2.45) is 0 Å². The molecule has 1 aromatic heterocycles. The number of fused-ring (bicyclic) bond motifs is 1. The van der Waals surface area contributed by atoms with E-state index in [2.05, 4.69) is 47.6 Å². The summed E-state index contributed by atoms with van der Waals surface area (Å²) in [5, 5.41) is 4.06. The van der Waals surface area contributed by atoms with Gasteiger partial charge in [0.1, 0.15) is 0 Å². The first-order valence-electron chi connectivity index (χ1n) is 9.01. The molecule has 0 fully saturated rings. The number of amides is 1. The first-order valence-corrected chi connectivity index (χ1v) is 9.83. The maximum atomic E-state index is 12.1. The fourth-order valence-electron chi connectivity index (χ4n) is 2.88. The Hall–Kier alpha value is -2.24. The van der Waals surface area contributed by atoms with Crippen molar-refractivity contribution in [3.8, 4) is 0 Å². The van der Waals surface area contributed by atoms with Crippen LogP contribution in [0.15, 0.2) is 48.5 Å². The van der Waals surface area contributed by atoms with Crippen molar-refractivity contribution in [2.75, 3.05) is 20.1 Å². The Morgan fingerprint density at radius 1 is 1.12 bits per heavy atom. The van der Waals surface area contributed by atoms with Crippen molar-refractivity contribution in [3.05, 3.63) is 64.7 Å². The summed E-state index contributed by atoms with van der Waals surface area (Å²) in [6.07, 6.45) is 1.82. The summed E-state index contributed by atoms with van der Waals surface area (Å²) >= 11 is 1.69. The fourth-order valence-corrected chi connectivity index (χ4v) is 3.85. The number of thiazole rings is 1. The molecular formula is C21H25N3OS. The minimum Gasteiger partial charge on any atom is -0.355 e. The normalized spacial score (nSPS) is 11.2. The molecule has 0 saturated heterocycles. The monoisotopic (exact) mass is 367 g/mol. The van der Waals surface area contributed by atoms with Crippen LogP contribution in [0.1, 0.15) is 23.1 Å². The zero-order chi connectivity index (χ0) is 18.4. The van der Waals surface area contributed by atoms with Crippen LogP contribution in [0.5, 0.6) is 0 Å². The van der Waals surface area contributed by atoms with Crippen molar-refractivity contribution < 1.29 is 4.79 Å². The molecule has 0 atom stereocenters. The van der Waals surface area contributed by atoms with Gasteiger partial charge in [-0.1, -0.05) is 43.3 Å². The molecule has 0 saturated carbocycles. The van der Waals surface area contributed by atoms with E-state index in [0.717, 1.165) is 29.9 Å². The number of likely N-dealkylation sites (N-methyl/N-ethyl adjacent to an activating group) is 1. The van der Waals surface area contributed by atoms with Gasteiger partial charge in [-0.05, 0) is 36.7 Å². The largest absolute Gasteiger partial charge is 0.355 e. The molecule has 1 amide bonds. The second-order valence-corrected chi connectivity index (χ2v) is 7.63. The summed E-state index contributed by atoms with van der Waals surface area (Å²) in [5.41, 5.74) is 3.60. The number of aryl methyl sites for hydroxylation is 1. The van der Waals surface area contributed by atoms with Gasteiger partial charge in [0.15, 0.2) is 0 Å². The van der Waals surface area contributed by atoms with Crippen LogP contribution < -0.4 is 5.32 Å². The van der Waals surface area contributed by atoms with E-state index in [4.69, 9.17) is 0 Å². The number of hydrogen-bond donors (Lipinski definition) is 1. The number of rotatable bonds is 8. The van der Waals surface area contributed by atoms with Crippen LogP contribution in [-0.2, 0) is 24.2 Å². The molecule has 26 heavy (non-hydrogen) atoms. The average Bonchev–Trinajstić information content (AvgIpc) is 3.05. The van der Waals surface area contributed by atoms with E-state index >= 15 is 0 Å². The number of hydrogen-bond acceptors (Lipinski definition) is 4. The topological polar surface area (TPSA) is 45.2 Å². The number of aromatic nitrogens is 1. The lowest BCUT2D eigenvalue weighted by molar-refractivity contribution is -0.122. The Kier molecular flexibility index (Phi) is 6.36. The molecule has 3 aromatic rings. The van der Waals surface area contributed by atoms with Crippen LogP contribution in [0.25, 0.3) is 10.2 Å². The molecule has 4 nitrogen and oxygen atoms in total. The molecule has 1 N–H and O–H groups in total. The van der Waals surface area contributed by atoms with E-state index in [9.17, 15) is 4.79 Å². The van der Waals surface area contributed by atoms with Gasteiger partial charge in [-0.2, -0.15) is 0 Å². The number of benzene rings is 2. The number of carbonyl (C=O) groups is 1. The maximum absolute atomic E-state index is 12.1. The quantitative estimate of drug-likeness (QED) is 0.661. The lowest BCUT2D eigenvalue weighted by atomic mass is 10.1. The van der Waals surface area contributed by atoms with Crippen molar-refractivity contribution >= 4 is 27.5 Å². The lowest BCUT2D eigenvalue weighted by Gasteiger charge is -2.16. The third-order valence-electron chi connectivity index (χ3n) is 4.30. The van der Waals surface area contributed by atoms with Gasteiger partial charge in [0.25, 0.3) is 0 Å². The van der Waals surface area contributed by atoms with E-state index in [1.165, 1.54) is 15.8 Å². The lowest BCUT2D eigenvalue weighted by Crippen LogP contribution is -2.35. The van der Waals surface area contributed by atoms with E-state index in [1.54, 1.807) is 11.3 Å². The number of nitrogens with one attached hydrogen (secondary N) is 1.